The maximum absolute atomic E-state index is 12.5. The Kier molecular flexibility index (Phi) is 6.24. The van der Waals surface area contributed by atoms with Crippen molar-refractivity contribution in [2.24, 2.45) is 0 Å². The zero-order valence-electron chi connectivity index (χ0n) is 14.7. The van der Waals surface area contributed by atoms with E-state index in [1.165, 1.54) is 0 Å². The molecule has 27 heavy (non-hydrogen) atoms. The second kappa shape index (κ2) is 8.63. The Morgan fingerprint density at radius 1 is 1.19 bits per heavy atom. The van der Waals surface area contributed by atoms with E-state index in [0.717, 1.165) is 18.4 Å². The lowest BCUT2D eigenvalue weighted by Crippen LogP contribution is -2.37. The maximum atomic E-state index is 12.5. The molecule has 0 saturated heterocycles. The Hall–Kier alpha value is -2.24. The predicted molar refractivity (Wildman–Crippen MR) is 103 cm³/mol. The van der Waals surface area contributed by atoms with Crippen molar-refractivity contribution in [1.82, 2.24) is 5.32 Å². The van der Waals surface area contributed by atoms with Crippen LogP contribution in [0.4, 0.5) is 0 Å². The summed E-state index contributed by atoms with van der Waals surface area (Å²) in [4.78, 5) is 24.5. The first kappa shape index (κ1) is 19.5. The molecular formula is C20H19Cl2NO4. The van der Waals surface area contributed by atoms with Gasteiger partial charge < -0.3 is 14.8 Å². The van der Waals surface area contributed by atoms with Crippen LogP contribution in [0.1, 0.15) is 35.7 Å². The number of hydrogen-bond donors (Lipinski definition) is 1. The van der Waals surface area contributed by atoms with E-state index in [9.17, 15) is 9.59 Å². The van der Waals surface area contributed by atoms with E-state index in [-0.39, 0.29) is 24.1 Å². The van der Waals surface area contributed by atoms with Gasteiger partial charge in [-0.1, -0.05) is 41.4 Å². The Morgan fingerprint density at radius 2 is 1.93 bits per heavy atom. The second-order valence-electron chi connectivity index (χ2n) is 6.35. The number of para-hydroxylation sites is 1. The first-order valence-corrected chi connectivity index (χ1v) is 9.36. The van der Waals surface area contributed by atoms with Crippen LogP contribution in [0.2, 0.25) is 10.0 Å². The number of ether oxygens (including phenoxy) is 2. The molecule has 1 saturated carbocycles. The van der Waals surface area contributed by atoms with Crippen LogP contribution in [0.25, 0.3) is 0 Å². The van der Waals surface area contributed by atoms with E-state index >= 15 is 0 Å². The lowest BCUT2D eigenvalue weighted by Gasteiger charge is -2.15. The number of amides is 1. The van der Waals surface area contributed by atoms with Gasteiger partial charge >= 0.3 is 5.97 Å². The maximum Gasteiger partial charge on any atom is 0.342 e. The number of halogens is 2. The lowest BCUT2D eigenvalue weighted by atomic mass is 10.2. The molecule has 0 bridgehead atoms. The molecule has 1 aliphatic carbocycles. The first-order chi connectivity index (χ1) is 12.9. The highest BCUT2D eigenvalue weighted by atomic mass is 35.5. The van der Waals surface area contributed by atoms with Gasteiger partial charge in [0.05, 0.1) is 0 Å². The van der Waals surface area contributed by atoms with Crippen molar-refractivity contribution in [3.63, 3.8) is 0 Å². The summed E-state index contributed by atoms with van der Waals surface area (Å²) in [5.41, 5.74) is 0.982. The third-order valence-electron chi connectivity index (χ3n) is 4.08. The van der Waals surface area contributed by atoms with Gasteiger partial charge in [0, 0.05) is 21.7 Å². The van der Waals surface area contributed by atoms with Gasteiger partial charge in [-0.05, 0) is 44.0 Å². The summed E-state index contributed by atoms with van der Waals surface area (Å²) in [5, 5.41) is 3.82. The van der Waals surface area contributed by atoms with E-state index < -0.39 is 12.1 Å². The average Bonchev–Trinajstić information content (AvgIpc) is 3.45. The van der Waals surface area contributed by atoms with Crippen LogP contribution in [0.3, 0.4) is 0 Å². The predicted octanol–water partition coefficient (Wildman–Crippen LogP) is 4.40. The minimum Gasteiger partial charge on any atom is -0.488 e. The van der Waals surface area contributed by atoms with Gasteiger partial charge in [-0.2, -0.15) is 0 Å². The van der Waals surface area contributed by atoms with Crippen LogP contribution < -0.4 is 10.1 Å². The van der Waals surface area contributed by atoms with E-state index in [2.05, 4.69) is 5.32 Å². The Labute approximate surface area is 167 Å². The molecule has 2 aromatic carbocycles. The fourth-order valence-electron chi connectivity index (χ4n) is 2.38. The normalized spacial score (nSPS) is 14.3. The number of carbonyl (C=O) groups is 2. The molecule has 0 unspecified atom stereocenters. The highest BCUT2D eigenvalue weighted by Gasteiger charge is 2.28. The van der Waals surface area contributed by atoms with Crippen LogP contribution in [-0.2, 0) is 16.1 Å². The van der Waals surface area contributed by atoms with Gasteiger partial charge in [-0.3, -0.25) is 4.79 Å². The Balaban J connectivity index is 1.65. The van der Waals surface area contributed by atoms with E-state index in [4.69, 9.17) is 32.7 Å². The van der Waals surface area contributed by atoms with Gasteiger partial charge in [0.15, 0.2) is 6.10 Å². The molecule has 5 nitrogen and oxygen atoms in total. The molecule has 3 rings (SSSR count). The summed E-state index contributed by atoms with van der Waals surface area (Å²) in [6.45, 7) is 1.71. The smallest absolute Gasteiger partial charge is 0.342 e. The standard InChI is InChI=1S/C20H19Cl2NO4/c1-12(19(24)23-15-8-9-15)27-20(25)16-4-2-3-5-18(16)26-11-13-6-7-14(21)10-17(13)22/h2-7,10,12,15H,8-9,11H2,1H3,(H,23,24)/t12-/m1/s1. The number of nitrogens with one attached hydrogen (secondary N) is 1. The molecule has 1 amide bonds. The number of esters is 1. The largest absolute Gasteiger partial charge is 0.488 e. The SMILES string of the molecule is C[C@@H](OC(=O)c1ccccc1OCc1ccc(Cl)cc1Cl)C(=O)NC1CC1. The molecular weight excluding hydrogens is 389 g/mol. The first-order valence-electron chi connectivity index (χ1n) is 8.61. The van der Waals surface area contributed by atoms with Crippen LogP contribution in [0.15, 0.2) is 42.5 Å². The summed E-state index contributed by atoms with van der Waals surface area (Å²) >= 11 is 12.0. The Morgan fingerprint density at radius 3 is 2.63 bits per heavy atom. The van der Waals surface area contributed by atoms with Crippen molar-refractivity contribution in [1.29, 1.82) is 0 Å². The number of carbonyl (C=O) groups excluding carboxylic acids is 2. The minimum atomic E-state index is -0.878. The van der Waals surface area contributed by atoms with Gasteiger partial charge in [-0.15, -0.1) is 0 Å². The van der Waals surface area contributed by atoms with Gasteiger partial charge in [0.1, 0.15) is 17.9 Å². The molecule has 0 spiro atoms. The summed E-state index contributed by atoms with van der Waals surface area (Å²) in [7, 11) is 0. The van der Waals surface area contributed by atoms with Crippen molar-refractivity contribution >= 4 is 35.1 Å². The van der Waals surface area contributed by atoms with Crippen LogP contribution in [0, 0.1) is 0 Å². The minimum absolute atomic E-state index is 0.165. The summed E-state index contributed by atoms with van der Waals surface area (Å²) in [6, 6.07) is 12.0. The Bertz CT molecular complexity index is 852. The van der Waals surface area contributed by atoms with Gasteiger partial charge in [0.25, 0.3) is 5.91 Å². The molecule has 142 valence electrons. The van der Waals surface area contributed by atoms with Crippen molar-refractivity contribution in [2.45, 2.75) is 38.5 Å². The summed E-state index contributed by atoms with van der Waals surface area (Å²) in [5.74, 6) is -0.563. The van der Waals surface area contributed by atoms with Crippen LogP contribution >= 0.6 is 23.2 Å². The van der Waals surface area contributed by atoms with Gasteiger partial charge in [0.2, 0.25) is 0 Å². The highest BCUT2D eigenvalue weighted by Crippen LogP contribution is 2.25. The lowest BCUT2D eigenvalue weighted by molar-refractivity contribution is -0.129. The topological polar surface area (TPSA) is 64.6 Å². The van der Waals surface area contributed by atoms with Crippen LogP contribution in [0.5, 0.6) is 5.75 Å². The van der Waals surface area contributed by atoms with Crippen LogP contribution in [-0.4, -0.2) is 24.0 Å². The molecule has 0 aliphatic heterocycles. The molecule has 0 radical (unpaired) electrons. The number of rotatable bonds is 7. The number of hydrogen-bond acceptors (Lipinski definition) is 4. The fraction of sp³-hybridized carbons (Fsp3) is 0.300. The van der Waals surface area contributed by atoms with Crippen molar-refractivity contribution in [3.05, 3.63) is 63.6 Å². The quantitative estimate of drug-likeness (QED) is 0.690. The van der Waals surface area contributed by atoms with Crippen molar-refractivity contribution < 1.29 is 19.1 Å². The molecule has 1 N–H and O–H groups in total. The number of benzene rings is 2. The highest BCUT2D eigenvalue weighted by molar-refractivity contribution is 6.35. The molecule has 0 aromatic heterocycles. The fourth-order valence-corrected chi connectivity index (χ4v) is 2.84. The third-order valence-corrected chi connectivity index (χ3v) is 4.67. The zero-order chi connectivity index (χ0) is 19.4. The van der Waals surface area contributed by atoms with E-state index in [0.29, 0.717) is 15.8 Å². The zero-order valence-corrected chi connectivity index (χ0v) is 16.2. The second-order valence-corrected chi connectivity index (χ2v) is 7.19. The monoisotopic (exact) mass is 407 g/mol. The molecule has 0 heterocycles. The van der Waals surface area contributed by atoms with E-state index in [1.54, 1.807) is 49.4 Å². The summed E-state index contributed by atoms with van der Waals surface area (Å²) < 4.78 is 11.0. The third kappa shape index (κ3) is 5.37. The van der Waals surface area contributed by atoms with Crippen molar-refractivity contribution in [3.8, 4) is 5.75 Å². The molecule has 1 atom stereocenters. The average molecular weight is 408 g/mol. The summed E-state index contributed by atoms with van der Waals surface area (Å²) in [6.07, 6.45) is 1.06. The van der Waals surface area contributed by atoms with E-state index in [1.807, 2.05) is 0 Å². The molecule has 1 fully saturated rings. The van der Waals surface area contributed by atoms with Gasteiger partial charge in [-0.25, -0.2) is 4.79 Å². The molecule has 2 aromatic rings. The van der Waals surface area contributed by atoms with Crippen molar-refractivity contribution in [2.75, 3.05) is 0 Å². The molecule has 1 aliphatic rings. The molecule has 7 heteroatoms.